The summed E-state index contributed by atoms with van der Waals surface area (Å²) < 4.78 is 1.69. The van der Waals surface area contributed by atoms with Crippen LogP contribution in [0.5, 0.6) is 0 Å². The van der Waals surface area contributed by atoms with Crippen LogP contribution in [0.2, 0.25) is 0 Å². The summed E-state index contributed by atoms with van der Waals surface area (Å²) in [7, 11) is 0. The van der Waals surface area contributed by atoms with Crippen molar-refractivity contribution >= 4 is 11.8 Å². The minimum Gasteiger partial charge on any atom is -0.306 e. The van der Waals surface area contributed by atoms with Crippen LogP contribution in [0.15, 0.2) is 30.6 Å². The monoisotopic (exact) mass is 303 g/mol. The van der Waals surface area contributed by atoms with Crippen LogP contribution < -0.4 is 5.32 Å². The summed E-state index contributed by atoms with van der Waals surface area (Å²) >= 11 is 1.99. The molecule has 0 bridgehead atoms. The SMILES string of the molecule is CSC1CCCC1NC(C)c1cccc(-n2cnnn2)c1. The minimum absolute atomic E-state index is 0.333. The Balaban J connectivity index is 1.73. The molecule has 1 fully saturated rings. The van der Waals surface area contributed by atoms with E-state index >= 15 is 0 Å². The Bertz CT molecular complexity index is 571. The highest BCUT2D eigenvalue weighted by Crippen LogP contribution is 2.30. The van der Waals surface area contributed by atoms with Gasteiger partial charge in [-0.25, -0.2) is 4.68 Å². The van der Waals surface area contributed by atoms with Crippen LogP contribution in [0.4, 0.5) is 0 Å². The zero-order valence-electron chi connectivity index (χ0n) is 12.4. The molecule has 5 nitrogen and oxygen atoms in total. The van der Waals surface area contributed by atoms with Crippen molar-refractivity contribution in [3.63, 3.8) is 0 Å². The van der Waals surface area contributed by atoms with Crippen molar-refractivity contribution in [1.82, 2.24) is 25.5 Å². The molecule has 1 saturated carbocycles. The standard InChI is InChI=1S/C15H21N5S/c1-11(17-14-7-4-8-15(14)21-2)12-5-3-6-13(9-12)20-10-16-18-19-20/h3,5-6,9-11,14-15,17H,4,7-8H2,1-2H3. The third-order valence-corrected chi connectivity index (χ3v) is 5.37. The summed E-state index contributed by atoms with van der Waals surface area (Å²) in [5.74, 6) is 0. The second kappa shape index (κ2) is 6.58. The van der Waals surface area contributed by atoms with E-state index in [1.54, 1.807) is 11.0 Å². The molecule has 1 N–H and O–H groups in total. The molecule has 0 aliphatic heterocycles. The quantitative estimate of drug-likeness (QED) is 0.920. The summed E-state index contributed by atoms with van der Waals surface area (Å²) in [6.45, 7) is 2.23. The van der Waals surface area contributed by atoms with Crippen LogP contribution in [0.25, 0.3) is 5.69 Å². The molecule has 1 aromatic carbocycles. The second-order valence-corrected chi connectivity index (χ2v) is 6.63. The fourth-order valence-electron chi connectivity index (χ4n) is 3.03. The van der Waals surface area contributed by atoms with E-state index in [4.69, 9.17) is 0 Å². The van der Waals surface area contributed by atoms with Gasteiger partial charge in [0.1, 0.15) is 6.33 Å². The van der Waals surface area contributed by atoms with Gasteiger partial charge in [-0.1, -0.05) is 18.6 Å². The first-order valence-electron chi connectivity index (χ1n) is 7.40. The van der Waals surface area contributed by atoms with E-state index in [0.717, 1.165) is 10.9 Å². The van der Waals surface area contributed by atoms with Gasteiger partial charge < -0.3 is 5.32 Å². The van der Waals surface area contributed by atoms with Crippen molar-refractivity contribution in [2.45, 2.75) is 43.5 Å². The molecule has 1 aliphatic rings. The van der Waals surface area contributed by atoms with Crippen molar-refractivity contribution in [2.24, 2.45) is 0 Å². The third kappa shape index (κ3) is 3.27. The Kier molecular flexibility index (Phi) is 4.55. The van der Waals surface area contributed by atoms with Crippen LogP contribution in [0.3, 0.4) is 0 Å². The van der Waals surface area contributed by atoms with Crippen LogP contribution in [-0.4, -0.2) is 37.8 Å². The Morgan fingerprint density at radius 1 is 1.38 bits per heavy atom. The Morgan fingerprint density at radius 3 is 3.05 bits per heavy atom. The number of nitrogens with one attached hydrogen (secondary N) is 1. The lowest BCUT2D eigenvalue weighted by molar-refractivity contribution is 0.467. The third-order valence-electron chi connectivity index (χ3n) is 4.20. The maximum absolute atomic E-state index is 3.95. The smallest absolute Gasteiger partial charge is 0.143 e. The molecule has 0 amide bonds. The van der Waals surface area contributed by atoms with Gasteiger partial charge in [0.15, 0.2) is 0 Å². The van der Waals surface area contributed by atoms with Crippen molar-refractivity contribution in [2.75, 3.05) is 6.26 Å². The summed E-state index contributed by atoms with van der Waals surface area (Å²) in [5, 5.41) is 15.9. The fraction of sp³-hybridized carbons (Fsp3) is 0.533. The molecule has 0 radical (unpaired) electrons. The molecule has 2 aromatic rings. The van der Waals surface area contributed by atoms with E-state index in [9.17, 15) is 0 Å². The summed E-state index contributed by atoms with van der Waals surface area (Å²) in [6, 6.07) is 9.34. The summed E-state index contributed by atoms with van der Waals surface area (Å²) in [6.07, 6.45) is 7.78. The molecule has 0 saturated heterocycles. The molecule has 3 atom stereocenters. The number of hydrogen-bond acceptors (Lipinski definition) is 5. The van der Waals surface area contributed by atoms with E-state index in [0.29, 0.717) is 12.1 Å². The van der Waals surface area contributed by atoms with Crippen LogP contribution in [-0.2, 0) is 0 Å². The van der Waals surface area contributed by atoms with Gasteiger partial charge in [-0.15, -0.1) is 5.10 Å². The molecule has 0 spiro atoms. The Hall–Kier alpha value is -1.40. The first-order valence-corrected chi connectivity index (χ1v) is 8.69. The first-order chi connectivity index (χ1) is 10.3. The topological polar surface area (TPSA) is 55.6 Å². The number of thioether (sulfide) groups is 1. The lowest BCUT2D eigenvalue weighted by atomic mass is 10.1. The summed E-state index contributed by atoms with van der Waals surface area (Å²) in [4.78, 5) is 0. The van der Waals surface area contributed by atoms with E-state index in [2.05, 4.69) is 52.2 Å². The maximum atomic E-state index is 3.95. The Morgan fingerprint density at radius 2 is 2.29 bits per heavy atom. The van der Waals surface area contributed by atoms with Gasteiger partial charge in [0.2, 0.25) is 0 Å². The molecular weight excluding hydrogens is 282 g/mol. The van der Waals surface area contributed by atoms with Crippen molar-refractivity contribution in [1.29, 1.82) is 0 Å². The predicted octanol–water partition coefficient (Wildman–Crippen LogP) is 2.60. The highest BCUT2D eigenvalue weighted by atomic mass is 32.2. The number of rotatable bonds is 5. The number of benzene rings is 1. The largest absolute Gasteiger partial charge is 0.306 e. The van der Waals surface area contributed by atoms with Crippen LogP contribution in [0.1, 0.15) is 37.8 Å². The van der Waals surface area contributed by atoms with Gasteiger partial charge >= 0.3 is 0 Å². The highest BCUT2D eigenvalue weighted by Gasteiger charge is 2.27. The van der Waals surface area contributed by atoms with Crippen LogP contribution in [0, 0.1) is 0 Å². The zero-order valence-corrected chi connectivity index (χ0v) is 13.3. The number of hydrogen-bond donors (Lipinski definition) is 1. The lowest BCUT2D eigenvalue weighted by Crippen LogP contribution is -2.35. The second-order valence-electron chi connectivity index (χ2n) is 5.55. The van der Waals surface area contributed by atoms with Gasteiger partial charge in [-0.05, 0) is 54.1 Å². The predicted molar refractivity (Wildman–Crippen MR) is 85.6 cm³/mol. The molecule has 1 heterocycles. The lowest BCUT2D eigenvalue weighted by Gasteiger charge is -2.24. The average molecular weight is 303 g/mol. The number of nitrogens with zero attached hydrogens (tertiary/aromatic N) is 4. The zero-order chi connectivity index (χ0) is 14.7. The Labute approximate surface area is 129 Å². The molecular formula is C15H21N5S. The van der Waals surface area contributed by atoms with Gasteiger partial charge in [-0.2, -0.15) is 11.8 Å². The van der Waals surface area contributed by atoms with E-state index < -0.39 is 0 Å². The van der Waals surface area contributed by atoms with Gasteiger partial charge in [0, 0.05) is 17.3 Å². The van der Waals surface area contributed by atoms with E-state index in [-0.39, 0.29) is 0 Å². The van der Waals surface area contributed by atoms with Crippen molar-refractivity contribution in [3.8, 4) is 5.69 Å². The summed E-state index contributed by atoms with van der Waals surface area (Å²) in [5.41, 5.74) is 2.27. The van der Waals surface area contributed by atoms with Crippen molar-refractivity contribution in [3.05, 3.63) is 36.2 Å². The average Bonchev–Trinajstić information content (AvgIpc) is 3.18. The molecule has 1 aliphatic carbocycles. The first kappa shape index (κ1) is 14.5. The van der Waals surface area contributed by atoms with E-state index in [1.807, 2.05) is 17.8 Å². The molecule has 112 valence electrons. The number of tetrazole rings is 1. The normalized spacial score (nSPS) is 23.3. The van der Waals surface area contributed by atoms with Gasteiger partial charge in [0.05, 0.1) is 5.69 Å². The fourth-order valence-corrected chi connectivity index (χ4v) is 3.98. The van der Waals surface area contributed by atoms with Crippen molar-refractivity contribution < 1.29 is 0 Å². The number of aromatic nitrogens is 4. The molecule has 3 unspecified atom stereocenters. The highest BCUT2D eigenvalue weighted by molar-refractivity contribution is 7.99. The molecule has 3 rings (SSSR count). The van der Waals surface area contributed by atoms with E-state index in [1.165, 1.54) is 24.8 Å². The van der Waals surface area contributed by atoms with Gasteiger partial charge in [-0.3, -0.25) is 0 Å². The van der Waals surface area contributed by atoms with Crippen LogP contribution >= 0.6 is 11.8 Å². The molecule has 6 heteroatoms. The molecule has 1 aromatic heterocycles. The minimum atomic E-state index is 0.333. The maximum Gasteiger partial charge on any atom is 0.143 e. The molecule has 21 heavy (non-hydrogen) atoms. The van der Waals surface area contributed by atoms with Gasteiger partial charge in [0.25, 0.3) is 0 Å².